The zero-order valence-electron chi connectivity index (χ0n) is 14.1. The Bertz CT molecular complexity index is 859. The Morgan fingerprint density at radius 3 is 2.69 bits per heavy atom. The third kappa shape index (κ3) is 3.56. The molecule has 0 bridgehead atoms. The SMILES string of the molecule is O=C(c1cc(-c2ccccc2)on1)N1CCC(Oc2ccncn2)CC1. The van der Waals surface area contributed by atoms with Crippen LogP contribution < -0.4 is 4.74 Å². The van der Waals surface area contributed by atoms with Crippen molar-refractivity contribution >= 4 is 5.91 Å². The number of amides is 1. The lowest BCUT2D eigenvalue weighted by molar-refractivity contribution is 0.0578. The Morgan fingerprint density at radius 2 is 1.96 bits per heavy atom. The van der Waals surface area contributed by atoms with Gasteiger partial charge in [-0.2, -0.15) is 0 Å². The van der Waals surface area contributed by atoms with E-state index in [-0.39, 0.29) is 12.0 Å². The van der Waals surface area contributed by atoms with E-state index < -0.39 is 0 Å². The average molecular weight is 350 g/mol. The van der Waals surface area contributed by atoms with Crippen LogP contribution in [0.4, 0.5) is 0 Å². The number of hydrogen-bond acceptors (Lipinski definition) is 6. The van der Waals surface area contributed by atoms with Crippen LogP contribution in [0.1, 0.15) is 23.3 Å². The lowest BCUT2D eigenvalue weighted by Gasteiger charge is -2.31. The number of rotatable bonds is 4. The van der Waals surface area contributed by atoms with Crippen molar-refractivity contribution in [1.82, 2.24) is 20.0 Å². The molecule has 0 N–H and O–H groups in total. The third-order valence-electron chi connectivity index (χ3n) is 4.36. The van der Waals surface area contributed by atoms with E-state index in [0.717, 1.165) is 18.4 Å². The first kappa shape index (κ1) is 16.3. The van der Waals surface area contributed by atoms with Crippen LogP contribution in [0.3, 0.4) is 0 Å². The molecule has 3 aromatic rings. The van der Waals surface area contributed by atoms with E-state index in [0.29, 0.717) is 30.4 Å². The highest BCUT2D eigenvalue weighted by Gasteiger charge is 2.27. The van der Waals surface area contributed by atoms with Crippen LogP contribution in [-0.2, 0) is 0 Å². The molecule has 1 aromatic carbocycles. The van der Waals surface area contributed by atoms with E-state index >= 15 is 0 Å². The number of nitrogens with zero attached hydrogens (tertiary/aromatic N) is 4. The largest absolute Gasteiger partial charge is 0.474 e. The molecule has 0 unspecified atom stereocenters. The van der Waals surface area contributed by atoms with Gasteiger partial charge in [0.15, 0.2) is 11.5 Å². The molecule has 0 aliphatic carbocycles. The van der Waals surface area contributed by atoms with Crippen LogP contribution in [0.5, 0.6) is 5.88 Å². The highest BCUT2D eigenvalue weighted by atomic mass is 16.5. The summed E-state index contributed by atoms with van der Waals surface area (Å²) in [6, 6.07) is 13.0. The second kappa shape index (κ2) is 7.35. The maximum atomic E-state index is 12.7. The molecule has 0 radical (unpaired) electrons. The molecular formula is C19H18N4O3. The molecule has 132 valence electrons. The number of carbonyl (C=O) groups is 1. The molecule has 7 heteroatoms. The quantitative estimate of drug-likeness (QED) is 0.720. The first-order chi connectivity index (χ1) is 12.8. The number of piperidine rings is 1. The average Bonchev–Trinajstić information content (AvgIpc) is 3.20. The van der Waals surface area contributed by atoms with Gasteiger partial charge in [-0.15, -0.1) is 0 Å². The molecule has 0 spiro atoms. The zero-order valence-corrected chi connectivity index (χ0v) is 14.1. The van der Waals surface area contributed by atoms with Gasteiger partial charge in [0.05, 0.1) is 0 Å². The summed E-state index contributed by atoms with van der Waals surface area (Å²) in [5.74, 6) is 1.04. The summed E-state index contributed by atoms with van der Waals surface area (Å²) >= 11 is 0. The molecule has 0 saturated carbocycles. The van der Waals surface area contributed by atoms with E-state index in [1.54, 1.807) is 23.2 Å². The molecule has 1 saturated heterocycles. The fourth-order valence-electron chi connectivity index (χ4n) is 2.97. The fraction of sp³-hybridized carbons (Fsp3) is 0.263. The van der Waals surface area contributed by atoms with Gasteiger partial charge in [0.1, 0.15) is 12.4 Å². The number of aromatic nitrogens is 3. The van der Waals surface area contributed by atoms with Gasteiger partial charge in [0.2, 0.25) is 5.88 Å². The van der Waals surface area contributed by atoms with Crippen LogP contribution in [0.15, 0.2) is 59.5 Å². The molecule has 2 aromatic heterocycles. The van der Waals surface area contributed by atoms with E-state index in [1.165, 1.54) is 6.33 Å². The van der Waals surface area contributed by atoms with Gasteiger partial charge >= 0.3 is 0 Å². The summed E-state index contributed by atoms with van der Waals surface area (Å²) in [5, 5.41) is 3.94. The van der Waals surface area contributed by atoms with Gasteiger partial charge in [-0.25, -0.2) is 9.97 Å². The number of likely N-dealkylation sites (tertiary alicyclic amines) is 1. The zero-order chi connectivity index (χ0) is 17.8. The first-order valence-electron chi connectivity index (χ1n) is 8.54. The molecule has 1 aliphatic heterocycles. The lowest BCUT2D eigenvalue weighted by Crippen LogP contribution is -2.42. The van der Waals surface area contributed by atoms with E-state index in [4.69, 9.17) is 9.26 Å². The Morgan fingerprint density at radius 1 is 1.15 bits per heavy atom. The van der Waals surface area contributed by atoms with Gasteiger partial charge < -0.3 is 14.2 Å². The first-order valence-corrected chi connectivity index (χ1v) is 8.54. The van der Waals surface area contributed by atoms with Crippen molar-refractivity contribution in [2.24, 2.45) is 0 Å². The molecular weight excluding hydrogens is 332 g/mol. The number of hydrogen-bond donors (Lipinski definition) is 0. The highest BCUT2D eigenvalue weighted by Crippen LogP contribution is 2.22. The Hall–Kier alpha value is -3.22. The van der Waals surface area contributed by atoms with Crippen molar-refractivity contribution in [3.05, 3.63) is 60.7 Å². The van der Waals surface area contributed by atoms with Crippen molar-refractivity contribution in [3.63, 3.8) is 0 Å². The molecule has 4 rings (SSSR count). The third-order valence-corrected chi connectivity index (χ3v) is 4.36. The predicted molar refractivity (Wildman–Crippen MR) is 93.5 cm³/mol. The van der Waals surface area contributed by atoms with E-state index in [1.807, 2.05) is 30.3 Å². The van der Waals surface area contributed by atoms with Crippen molar-refractivity contribution in [2.75, 3.05) is 13.1 Å². The summed E-state index contributed by atoms with van der Waals surface area (Å²) in [6.45, 7) is 1.23. The van der Waals surface area contributed by atoms with Crippen molar-refractivity contribution in [1.29, 1.82) is 0 Å². The smallest absolute Gasteiger partial charge is 0.276 e. The summed E-state index contributed by atoms with van der Waals surface area (Å²) in [7, 11) is 0. The monoisotopic (exact) mass is 350 g/mol. The second-order valence-electron chi connectivity index (χ2n) is 6.10. The molecule has 3 heterocycles. The molecule has 7 nitrogen and oxygen atoms in total. The van der Waals surface area contributed by atoms with Gasteiger partial charge in [-0.1, -0.05) is 35.5 Å². The van der Waals surface area contributed by atoms with Crippen molar-refractivity contribution in [2.45, 2.75) is 18.9 Å². The van der Waals surface area contributed by atoms with E-state index in [2.05, 4.69) is 15.1 Å². The Balaban J connectivity index is 1.36. The molecule has 26 heavy (non-hydrogen) atoms. The lowest BCUT2D eigenvalue weighted by atomic mass is 10.1. The summed E-state index contributed by atoms with van der Waals surface area (Å²) in [5.41, 5.74) is 1.23. The predicted octanol–water partition coefficient (Wildman–Crippen LogP) is 2.82. The number of ether oxygens (including phenoxy) is 1. The van der Waals surface area contributed by atoms with Gasteiger partial charge in [0, 0.05) is 49.8 Å². The number of benzene rings is 1. The fourth-order valence-corrected chi connectivity index (χ4v) is 2.97. The Labute approximate surface area is 150 Å². The van der Waals surface area contributed by atoms with Crippen LogP contribution >= 0.6 is 0 Å². The minimum Gasteiger partial charge on any atom is -0.474 e. The maximum absolute atomic E-state index is 12.7. The van der Waals surface area contributed by atoms with Crippen LogP contribution in [0.2, 0.25) is 0 Å². The van der Waals surface area contributed by atoms with Crippen LogP contribution in [-0.4, -0.2) is 45.1 Å². The van der Waals surface area contributed by atoms with Crippen molar-refractivity contribution < 1.29 is 14.1 Å². The second-order valence-corrected chi connectivity index (χ2v) is 6.10. The van der Waals surface area contributed by atoms with Crippen LogP contribution in [0.25, 0.3) is 11.3 Å². The topological polar surface area (TPSA) is 81.4 Å². The van der Waals surface area contributed by atoms with E-state index in [9.17, 15) is 4.79 Å². The minimum atomic E-state index is -0.114. The minimum absolute atomic E-state index is 0.0474. The summed E-state index contributed by atoms with van der Waals surface area (Å²) < 4.78 is 11.2. The van der Waals surface area contributed by atoms with Crippen LogP contribution in [0, 0.1) is 0 Å². The highest BCUT2D eigenvalue weighted by molar-refractivity contribution is 5.93. The van der Waals surface area contributed by atoms with Gasteiger partial charge in [-0.3, -0.25) is 4.79 Å². The summed E-state index contributed by atoms with van der Waals surface area (Å²) in [6.07, 6.45) is 4.66. The molecule has 1 aliphatic rings. The Kier molecular flexibility index (Phi) is 4.59. The van der Waals surface area contributed by atoms with Gasteiger partial charge in [-0.05, 0) is 0 Å². The summed E-state index contributed by atoms with van der Waals surface area (Å²) in [4.78, 5) is 22.4. The normalized spacial score (nSPS) is 15.0. The molecule has 0 atom stereocenters. The molecule has 1 fully saturated rings. The standard InChI is InChI=1S/C19H18N4O3/c24-19(16-12-17(26-22-16)14-4-2-1-3-5-14)23-10-7-15(8-11-23)25-18-6-9-20-13-21-18/h1-6,9,12-13,15H,7-8,10-11H2. The van der Waals surface area contributed by atoms with Crippen molar-refractivity contribution in [3.8, 4) is 17.2 Å². The maximum Gasteiger partial charge on any atom is 0.276 e. The van der Waals surface area contributed by atoms with Gasteiger partial charge in [0.25, 0.3) is 5.91 Å². The molecule has 1 amide bonds. The number of carbonyl (C=O) groups excluding carboxylic acids is 1.